The van der Waals surface area contributed by atoms with E-state index in [0.717, 1.165) is 57.7 Å². The van der Waals surface area contributed by atoms with Crippen LogP contribution in [0.25, 0.3) is 0 Å². The van der Waals surface area contributed by atoms with Crippen molar-refractivity contribution in [1.29, 1.82) is 0 Å². The summed E-state index contributed by atoms with van der Waals surface area (Å²) in [5, 5.41) is 3.06. The van der Waals surface area contributed by atoms with Gasteiger partial charge in [0.15, 0.2) is 0 Å². The fourth-order valence-corrected chi connectivity index (χ4v) is 3.44. The summed E-state index contributed by atoms with van der Waals surface area (Å²) in [6.07, 6.45) is 2.71. The zero-order valence-corrected chi connectivity index (χ0v) is 16.1. The lowest BCUT2D eigenvalue weighted by atomic mass is 10.1. The molecule has 0 radical (unpaired) electrons. The highest BCUT2D eigenvalue weighted by Crippen LogP contribution is 2.24. The summed E-state index contributed by atoms with van der Waals surface area (Å²) in [6, 6.07) is 8.68. The molecule has 1 saturated heterocycles. The molecule has 7 heteroatoms. The molecule has 3 rings (SSSR count). The molecule has 2 fully saturated rings. The van der Waals surface area contributed by atoms with Crippen LogP contribution < -0.4 is 11.1 Å². The maximum absolute atomic E-state index is 12.2. The number of hydrogen-bond acceptors (Lipinski definition) is 4. The Kier molecular flexibility index (Phi) is 9.75. The number of nitrogens with two attached hydrogens (primary N) is 1. The van der Waals surface area contributed by atoms with E-state index >= 15 is 0 Å². The third-order valence-electron chi connectivity index (χ3n) is 4.81. The van der Waals surface area contributed by atoms with Gasteiger partial charge in [-0.25, -0.2) is 0 Å². The van der Waals surface area contributed by atoms with Gasteiger partial charge in [-0.1, -0.05) is 24.3 Å². The average Bonchev–Trinajstić information content (AvgIpc) is 3.01. The van der Waals surface area contributed by atoms with Crippen LogP contribution in [0, 0.1) is 5.92 Å². The molecular formula is C18H29Cl2N3O2. The number of rotatable bonds is 5. The van der Waals surface area contributed by atoms with Crippen LogP contribution in [-0.4, -0.2) is 43.2 Å². The van der Waals surface area contributed by atoms with Crippen LogP contribution >= 0.6 is 24.8 Å². The fourth-order valence-electron chi connectivity index (χ4n) is 3.44. The molecule has 1 aromatic carbocycles. The van der Waals surface area contributed by atoms with Crippen molar-refractivity contribution in [2.75, 3.05) is 26.3 Å². The van der Waals surface area contributed by atoms with E-state index in [2.05, 4.69) is 34.5 Å². The number of halogens is 2. The molecule has 1 amide bonds. The lowest BCUT2D eigenvalue weighted by Gasteiger charge is -2.26. The summed E-state index contributed by atoms with van der Waals surface area (Å²) in [6.45, 7) is 5.16. The van der Waals surface area contributed by atoms with E-state index in [1.165, 1.54) is 5.56 Å². The summed E-state index contributed by atoms with van der Waals surface area (Å²) in [5.74, 6) is 0.248. The van der Waals surface area contributed by atoms with E-state index in [9.17, 15) is 4.79 Å². The maximum atomic E-state index is 12.2. The Morgan fingerprint density at radius 1 is 1.20 bits per heavy atom. The van der Waals surface area contributed by atoms with Gasteiger partial charge in [-0.3, -0.25) is 9.69 Å². The largest absolute Gasteiger partial charge is 0.379 e. The molecule has 1 saturated carbocycles. The van der Waals surface area contributed by atoms with Crippen molar-refractivity contribution in [1.82, 2.24) is 10.2 Å². The minimum Gasteiger partial charge on any atom is -0.379 e. The molecule has 25 heavy (non-hydrogen) atoms. The number of carbonyl (C=O) groups is 1. The van der Waals surface area contributed by atoms with Gasteiger partial charge in [0.25, 0.3) is 0 Å². The van der Waals surface area contributed by atoms with Gasteiger partial charge in [-0.2, -0.15) is 0 Å². The monoisotopic (exact) mass is 389 g/mol. The Balaban J connectivity index is 0.00000156. The Hall–Kier alpha value is -0.850. The number of carbonyl (C=O) groups excluding carboxylic acids is 1. The molecule has 0 bridgehead atoms. The first-order valence-corrected chi connectivity index (χ1v) is 8.62. The highest BCUT2D eigenvalue weighted by atomic mass is 35.5. The zero-order chi connectivity index (χ0) is 16.1. The second kappa shape index (κ2) is 11.0. The van der Waals surface area contributed by atoms with Crippen LogP contribution in [0.1, 0.15) is 30.4 Å². The van der Waals surface area contributed by atoms with Crippen molar-refractivity contribution in [3.63, 3.8) is 0 Å². The second-order valence-electron chi connectivity index (χ2n) is 6.70. The predicted octanol–water partition coefficient (Wildman–Crippen LogP) is 2.11. The number of benzene rings is 1. The first-order chi connectivity index (χ1) is 11.2. The van der Waals surface area contributed by atoms with Crippen LogP contribution in [0.5, 0.6) is 0 Å². The maximum Gasteiger partial charge on any atom is 0.223 e. The predicted molar refractivity (Wildman–Crippen MR) is 104 cm³/mol. The van der Waals surface area contributed by atoms with Crippen molar-refractivity contribution in [3.8, 4) is 0 Å². The molecule has 1 aromatic rings. The van der Waals surface area contributed by atoms with E-state index < -0.39 is 0 Å². The van der Waals surface area contributed by atoms with Crippen LogP contribution in [-0.2, 0) is 22.6 Å². The standard InChI is InChI=1S/C18H27N3O2.2ClH/c19-17-5-4-16(11-17)18(22)20-12-14-2-1-3-15(10-14)13-21-6-8-23-9-7-21;;/h1-3,10,16-17H,4-9,11-13,19H2,(H,20,22);2*1H. The van der Waals surface area contributed by atoms with Crippen LogP contribution in [0.4, 0.5) is 0 Å². The average molecular weight is 390 g/mol. The van der Waals surface area contributed by atoms with Gasteiger partial charge in [-0.05, 0) is 30.4 Å². The van der Waals surface area contributed by atoms with Crippen molar-refractivity contribution in [2.24, 2.45) is 11.7 Å². The van der Waals surface area contributed by atoms with Gasteiger partial charge in [0, 0.05) is 38.1 Å². The van der Waals surface area contributed by atoms with Crippen LogP contribution in [0.15, 0.2) is 24.3 Å². The molecule has 3 N–H and O–H groups in total. The smallest absolute Gasteiger partial charge is 0.223 e. The minimum atomic E-state index is 0. The van der Waals surface area contributed by atoms with Crippen molar-refractivity contribution < 1.29 is 9.53 Å². The number of amides is 1. The Morgan fingerprint density at radius 3 is 2.60 bits per heavy atom. The van der Waals surface area contributed by atoms with Gasteiger partial charge in [-0.15, -0.1) is 24.8 Å². The lowest BCUT2D eigenvalue weighted by molar-refractivity contribution is -0.125. The Labute approximate surface area is 162 Å². The van der Waals surface area contributed by atoms with Gasteiger partial charge in [0.05, 0.1) is 13.2 Å². The molecule has 1 aliphatic heterocycles. The van der Waals surface area contributed by atoms with Gasteiger partial charge in [0.2, 0.25) is 5.91 Å². The number of hydrogen-bond donors (Lipinski definition) is 2. The topological polar surface area (TPSA) is 67.6 Å². The summed E-state index contributed by atoms with van der Waals surface area (Å²) >= 11 is 0. The van der Waals surface area contributed by atoms with Crippen molar-refractivity contribution in [3.05, 3.63) is 35.4 Å². The third-order valence-corrected chi connectivity index (χ3v) is 4.81. The molecule has 5 nitrogen and oxygen atoms in total. The van der Waals surface area contributed by atoms with E-state index in [0.29, 0.717) is 6.54 Å². The Morgan fingerprint density at radius 2 is 1.92 bits per heavy atom. The first-order valence-electron chi connectivity index (χ1n) is 8.62. The van der Waals surface area contributed by atoms with Crippen molar-refractivity contribution >= 4 is 30.7 Å². The first kappa shape index (κ1) is 22.2. The molecule has 1 aliphatic carbocycles. The molecular weight excluding hydrogens is 361 g/mol. The summed E-state index contributed by atoms with van der Waals surface area (Å²) < 4.78 is 5.38. The van der Waals surface area contributed by atoms with E-state index in [1.807, 2.05) is 0 Å². The van der Waals surface area contributed by atoms with Gasteiger partial charge >= 0.3 is 0 Å². The van der Waals surface area contributed by atoms with Crippen molar-refractivity contribution in [2.45, 2.75) is 38.4 Å². The quantitative estimate of drug-likeness (QED) is 0.808. The van der Waals surface area contributed by atoms with Gasteiger partial charge < -0.3 is 15.8 Å². The summed E-state index contributed by atoms with van der Waals surface area (Å²) in [7, 11) is 0. The SMILES string of the molecule is Cl.Cl.NC1CCC(C(=O)NCc2cccc(CN3CCOCC3)c2)C1. The lowest BCUT2D eigenvalue weighted by Crippen LogP contribution is -2.35. The molecule has 0 aromatic heterocycles. The number of nitrogens with zero attached hydrogens (tertiary/aromatic N) is 1. The molecule has 142 valence electrons. The highest BCUT2D eigenvalue weighted by Gasteiger charge is 2.27. The van der Waals surface area contributed by atoms with Crippen LogP contribution in [0.2, 0.25) is 0 Å². The number of morpholine rings is 1. The fraction of sp³-hybridized carbons (Fsp3) is 0.611. The normalized spacial score (nSPS) is 23.4. The summed E-state index contributed by atoms with van der Waals surface area (Å²) in [4.78, 5) is 14.6. The van der Waals surface area contributed by atoms with E-state index in [-0.39, 0.29) is 42.7 Å². The molecule has 2 unspecified atom stereocenters. The molecule has 0 spiro atoms. The second-order valence-corrected chi connectivity index (χ2v) is 6.70. The minimum absolute atomic E-state index is 0. The Bertz CT molecular complexity index is 539. The molecule has 2 atom stereocenters. The number of nitrogens with one attached hydrogen (secondary N) is 1. The highest BCUT2D eigenvalue weighted by molar-refractivity contribution is 5.85. The van der Waals surface area contributed by atoms with E-state index in [4.69, 9.17) is 10.5 Å². The summed E-state index contributed by atoms with van der Waals surface area (Å²) in [5.41, 5.74) is 8.34. The molecule has 1 heterocycles. The third kappa shape index (κ3) is 6.76. The molecule has 2 aliphatic rings. The van der Waals surface area contributed by atoms with E-state index in [1.54, 1.807) is 0 Å². The van der Waals surface area contributed by atoms with Crippen LogP contribution in [0.3, 0.4) is 0 Å². The number of ether oxygens (including phenoxy) is 1. The zero-order valence-electron chi connectivity index (χ0n) is 14.5. The van der Waals surface area contributed by atoms with Gasteiger partial charge in [0.1, 0.15) is 0 Å².